The maximum atomic E-state index is 11.0. The van der Waals surface area contributed by atoms with Crippen LogP contribution in [0.2, 0.25) is 0 Å². The Morgan fingerprint density at radius 1 is 0.590 bits per heavy atom. The SMILES string of the molecule is CCCCN(C)C(=NC#N)N(C)C.CCCCN1CCCC1.CCCCN1CCCCC1.CCCCN1CCOCC1.CCCCN1CCS(=O)(=O)CC1.CNCCCC1=NCCN1.CNCCN(C)C1=NCCN1.CNCCN(C)C1=NCCN1C.Cc1ccccc1.Cc1cccs1. The summed E-state index contributed by atoms with van der Waals surface area (Å²) in [6.07, 6.45) is 24.0. The predicted molar refractivity (Wildman–Crippen MR) is 434 cm³/mol. The first-order valence-corrected chi connectivity index (χ1v) is 41.3. The third-order valence-corrected chi connectivity index (χ3v) is 19.6. The highest BCUT2D eigenvalue weighted by atomic mass is 32.2. The standard InChI is InChI=1S/C9H18N4.C9H19N.C8H18N4.C8H17NO2S.C8H17NO.C8H17N.C7H16N4.C7H15N3.C7H8.C5H6S/c1-5-6-7-13(4)9(11-8-10)12(2)3;1-2-3-7-10-8-5-4-6-9-10;1-9-4-6-11(2)8-10-5-7-12(8)3;1-2-3-4-9-5-7-12(10,11)8-6-9;1-2-3-4-9-5-7-10-8-6-9;1-2-3-6-9-7-4-5-8-9;1-8-5-6-11(2)7-9-3-4-10-7;1-8-4-2-3-7-9-5-6-10-7;1-7-5-3-2-4-6-7;1-5-3-2-4-6-5/h5-7H2,1-4H3;2-9H2,1H3;9H,4-7H2,1-3H3;2-8H2,1H3;2-8H2,1H3;2-8H2,1H3;8H,3-6H2,1-2H3,(H,9,10);8H,2-6H2,1H3,(H,9,10);2-6H,1H3;2-4H,1H3. The number of thiophene rings is 1. The van der Waals surface area contributed by atoms with Gasteiger partial charge in [0.05, 0.1) is 50.2 Å². The van der Waals surface area contributed by atoms with Gasteiger partial charge in [-0.1, -0.05) is 115 Å². The number of likely N-dealkylation sites (N-methyl/N-ethyl adjacent to an activating group) is 5. The molecule has 8 heterocycles. The zero-order chi connectivity index (χ0) is 74.1. The smallest absolute Gasteiger partial charge is 0.211 e. The Hall–Kier alpha value is -4.68. The second-order valence-electron chi connectivity index (χ2n) is 26.6. The highest BCUT2D eigenvalue weighted by Gasteiger charge is 2.21. The number of nitrogens with zero attached hydrogens (tertiary/aromatic N) is 14. The number of unbranched alkanes of at least 4 members (excludes halogenated alkanes) is 5. The van der Waals surface area contributed by atoms with Gasteiger partial charge in [-0.15, -0.1) is 16.3 Å². The maximum Gasteiger partial charge on any atom is 0.211 e. The normalized spacial score (nSPS) is 17.0. The van der Waals surface area contributed by atoms with Crippen LogP contribution in [0, 0.1) is 25.3 Å². The van der Waals surface area contributed by atoms with E-state index in [1.54, 1.807) is 11.3 Å². The zero-order valence-corrected chi connectivity index (χ0v) is 68.4. The van der Waals surface area contributed by atoms with Crippen molar-refractivity contribution in [1.82, 2.24) is 70.7 Å². The molecular weight excluding hydrogens is 1290 g/mol. The third kappa shape index (κ3) is 54.0. The Morgan fingerprint density at radius 2 is 1.09 bits per heavy atom. The van der Waals surface area contributed by atoms with Crippen LogP contribution in [0.4, 0.5) is 0 Å². The van der Waals surface area contributed by atoms with E-state index in [0.717, 1.165) is 162 Å². The van der Waals surface area contributed by atoms with Gasteiger partial charge >= 0.3 is 0 Å². The van der Waals surface area contributed by atoms with Crippen molar-refractivity contribution in [2.45, 2.75) is 158 Å². The molecule has 5 N–H and O–H groups in total. The summed E-state index contributed by atoms with van der Waals surface area (Å²) in [5.74, 6) is 4.77. The van der Waals surface area contributed by atoms with Gasteiger partial charge < -0.3 is 70.5 Å². The van der Waals surface area contributed by atoms with Crippen molar-refractivity contribution < 1.29 is 13.2 Å². The number of guanidine groups is 3. The summed E-state index contributed by atoms with van der Waals surface area (Å²) < 4.78 is 27.3. The summed E-state index contributed by atoms with van der Waals surface area (Å²) in [5, 5.41) is 26.3. The summed E-state index contributed by atoms with van der Waals surface area (Å²) in [7, 11) is 15.2. The summed E-state index contributed by atoms with van der Waals surface area (Å²) in [6.45, 7) is 43.3. The number of benzene rings is 1. The van der Waals surface area contributed by atoms with E-state index in [-0.39, 0.29) is 0 Å². The molecule has 7 aliphatic rings. The van der Waals surface area contributed by atoms with E-state index >= 15 is 0 Å². The summed E-state index contributed by atoms with van der Waals surface area (Å²) >= 11 is 1.78. The number of ether oxygens (including phenoxy) is 1. The minimum Gasteiger partial charge on any atom is -0.379 e. The van der Waals surface area contributed by atoms with Gasteiger partial charge in [0.2, 0.25) is 12.2 Å². The van der Waals surface area contributed by atoms with Gasteiger partial charge in [0, 0.05) is 132 Å². The topological polar surface area (TPSA) is 206 Å². The summed E-state index contributed by atoms with van der Waals surface area (Å²) in [6, 6.07) is 14.4. The lowest BCUT2D eigenvalue weighted by Gasteiger charge is -2.26. The van der Waals surface area contributed by atoms with E-state index in [0.29, 0.717) is 11.5 Å². The first-order valence-electron chi connectivity index (χ1n) is 38.6. The number of nitrogens with one attached hydrogen (secondary N) is 5. The lowest BCUT2D eigenvalue weighted by Crippen LogP contribution is -2.40. The van der Waals surface area contributed by atoms with Crippen LogP contribution in [0.1, 0.15) is 154 Å². The number of aryl methyl sites for hydroxylation is 2. The monoisotopic (exact) mass is 1440 g/mol. The number of aliphatic imine (C=N–C) groups is 4. The Morgan fingerprint density at radius 3 is 1.49 bits per heavy atom. The molecule has 0 aliphatic carbocycles. The number of nitriles is 1. The lowest BCUT2D eigenvalue weighted by molar-refractivity contribution is 0.0373. The average molecular weight is 1440 g/mol. The molecule has 580 valence electrons. The first-order chi connectivity index (χ1) is 48.4. The Bertz CT molecular complexity index is 2380. The first kappa shape index (κ1) is 95.3. The molecule has 1 aromatic heterocycles. The molecule has 7 aliphatic heterocycles. The predicted octanol–water partition coefficient (Wildman–Crippen LogP) is 9.48. The molecule has 0 radical (unpaired) electrons. The Labute approximate surface area is 618 Å². The number of hydrogen-bond acceptors (Lipinski definition) is 21. The molecule has 4 fully saturated rings. The van der Waals surface area contributed by atoms with Crippen molar-refractivity contribution >= 4 is 44.9 Å². The van der Waals surface area contributed by atoms with E-state index in [9.17, 15) is 8.42 Å². The van der Waals surface area contributed by atoms with Crippen LogP contribution in [0.5, 0.6) is 0 Å². The van der Waals surface area contributed by atoms with Crippen molar-refractivity contribution in [2.75, 3.05) is 245 Å². The molecule has 0 spiro atoms. The molecule has 0 bridgehead atoms. The molecule has 9 rings (SSSR count). The lowest BCUT2D eigenvalue weighted by atomic mass is 10.1. The van der Waals surface area contributed by atoms with Crippen LogP contribution in [-0.4, -0.2) is 321 Å². The Balaban J connectivity index is 0.00000109. The van der Waals surface area contributed by atoms with Crippen molar-refractivity contribution in [1.29, 1.82) is 5.26 Å². The van der Waals surface area contributed by atoms with Crippen molar-refractivity contribution in [3.05, 3.63) is 58.3 Å². The quantitative estimate of drug-likeness (QED) is 0.0272. The highest BCUT2D eigenvalue weighted by molar-refractivity contribution is 7.91. The second kappa shape index (κ2) is 66.3. The van der Waals surface area contributed by atoms with E-state index in [1.807, 2.05) is 76.5 Å². The van der Waals surface area contributed by atoms with Crippen LogP contribution in [0.3, 0.4) is 0 Å². The van der Waals surface area contributed by atoms with Crippen LogP contribution in [-0.2, 0) is 14.6 Å². The molecule has 4 saturated heterocycles. The number of sulfone groups is 1. The number of amidine groups is 1. The fourth-order valence-corrected chi connectivity index (χ4v) is 12.7. The number of likely N-dealkylation sites (tertiary alicyclic amines) is 2. The van der Waals surface area contributed by atoms with Gasteiger partial charge in [-0.05, 0) is 170 Å². The van der Waals surface area contributed by atoms with E-state index in [2.05, 4.69) is 180 Å². The Kier molecular flexibility index (Phi) is 63.2. The van der Waals surface area contributed by atoms with Gasteiger partial charge in [-0.25, -0.2) is 8.42 Å². The third-order valence-electron chi connectivity index (χ3n) is 17.2. The molecule has 1 aromatic carbocycles. The molecule has 0 unspecified atom stereocenters. The van der Waals surface area contributed by atoms with Crippen LogP contribution >= 0.6 is 11.3 Å². The molecule has 0 amide bonds. The van der Waals surface area contributed by atoms with Crippen LogP contribution in [0.15, 0.2) is 67.8 Å². The largest absolute Gasteiger partial charge is 0.379 e. The van der Waals surface area contributed by atoms with Gasteiger partial charge in [0.25, 0.3) is 0 Å². The minimum atomic E-state index is -2.68. The van der Waals surface area contributed by atoms with Gasteiger partial charge in [0.15, 0.2) is 21.8 Å². The van der Waals surface area contributed by atoms with Crippen LogP contribution < -0.4 is 26.6 Å². The number of morpholine rings is 1. The second-order valence-corrected chi connectivity index (χ2v) is 30.1. The molecule has 0 saturated carbocycles. The minimum absolute atomic E-state index is 0.358. The van der Waals surface area contributed by atoms with E-state index in [1.165, 1.54) is 152 Å². The zero-order valence-electron chi connectivity index (χ0n) is 66.7. The molecule has 0 atom stereocenters. The summed E-state index contributed by atoms with van der Waals surface area (Å²) in [5.41, 5.74) is 1.32. The molecule has 22 nitrogen and oxygen atoms in total. The van der Waals surface area contributed by atoms with Crippen LogP contribution in [0.25, 0.3) is 0 Å². The molecular formula is C76H151N19O3S2. The fraction of sp³-hybridized carbons (Fsp3) is 0.803. The molecule has 100 heavy (non-hydrogen) atoms. The number of piperidine rings is 1. The van der Waals surface area contributed by atoms with Crippen molar-refractivity contribution in [2.24, 2.45) is 20.0 Å². The van der Waals surface area contributed by atoms with E-state index in [4.69, 9.17) is 10.00 Å². The summed E-state index contributed by atoms with van der Waals surface area (Å²) in [4.78, 5) is 38.4. The fourth-order valence-electron chi connectivity index (χ4n) is 10.9. The number of rotatable bonds is 25. The average Bonchev–Trinajstić information content (AvgIpc) is 1.22. The molecule has 2 aromatic rings. The van der Waals surface area contributed by atoms with Gasteiger partial charge in [-0.3, -0.25) is 19.9 Å². The maximum absolute atomic E-state index is 11.0. The van der Waals surface area contributed by atoms with Crippen molar-refractivity contribution in [3.63, 3.8) is 0 Å². The van der Waals surface area contributed by atoms with Gasteiger partial charge in [-0.2, -0.15) is 5.26 Å². The highest BCUT2D eigenvalue weighted by Crippen LogP contribution is 2.11. The van der Waals surface area contributed by atoms with Gasteiger partial charge in [0.1, 0.15) is 0 Å². The number of hydrogen-bond donors (Lipinski definition) is 5. The molecule has 24 heteroatoms. The van der Waals surface area contributed by atoms with E-state index < -0.39 is 9.84 Å². The van der Waals surface area contributed by atoms with Crippen molar-refractivity contribution in [3.8, 4) is 6.19 Å².